The number of Topliss-reactive ketones (excluding diaryl/α,β-unsaturated/α-hetero) is 1. The van der Waals surface area contributed by atoms with Crippen LogP contribution in [0.2, 0.25) is 0 Å². The predicted octanol–water partition coefficient (Wildman–Crippen LogP) is 7.87. The van der Waals surface area contributed by atoms with Crippen LogP contribution in [-0.2, 0) is 9.59 Å². The van der Waals surface area contributed by atoms with E-state index in [0.29, 0.717) is 32.2 Å². The fraction of sp³-hybridized carbons (Fsp3) is 0.406. The lowest BCUT2D eigenvalue weighted by molar-refractivity contribution is -0.122. The predicted molar refractivity (Wildman–Crippen MR) is 153 cm³/mol. The molecule has 0 bridgehead atoms. The van der Waals surface area contributed by atoms with Crippen molar-refractivity contribution in [1.29, 1.82) is 0 Å². The number of hydrogen-bond acceptors (Lipinski definition) is 3. The molecule has 1 amide bonds. The van der Waals surface area contributed by atoms with Gasteiger partial charge in [0.05, 0.1) is 0 Å². The normalized spacial score (nSPS) is 12.4. The quantitative estimate of drug-likeness (QED) is 0.150. The number of carbonyl (C=O) groups excluding carboxylic acids is 2. The second kappa shape index (κ2) is 23.5. The highest BCUT2D eigenvalue weighted by Crippen LogP contribution is 2.03. The van der Waals surface area contributed by atoms with E-state index in [1.807, 2.05) is 24.3 Å². The maximum absolute atomic E-state index is 11.9. The first kappa shape index (κ1) is 30.8. The van der Waals surface area contributed by atoms with Gasteiger partial charge in [0, 0.05) is 38.2 Å². The van der Waals surface area contributed by atoms with Crippen LogP contribution in [0.1, 0.15) is 83.1 Å². The van der Waals surface area contributed by atoms with Gasteiger partial charge < -0.3 is 5.32 Å². The Morgan fingerprint density at radius 2 is 1.44 bits per heavy atom. The summed E-state index contributed by atoms with van der Waals surface area (Å²) in [5.74, 6) is 0.244. The van der Waals surface area contributed by atoms with Crippen molar-refractivity contribution in [2.24, 2.45) is 0 Å². The van der Waals surface area contributed by atoms with Crippen molar-refractivity contribution in [2.45, 2.75) is 77.6 Å². The first-order valence-corrected chi connectivity index (χ1v) is 13.3. The zero-order valence-electron chi connectivity index (χ0n) is 22.0. The minimum Gasteiger partial charge on any atom is -0.356 e. The molecule has 0 unspecified atom stereocenters. The van der Waals surface area contributed by atoms with Gasteiger partial charge in [-0.3, -0.25) is 14.6 Å². The molecule has 0 saturated heterocycles. The minimum absolute atomic E-state index is 0.0614. The molecule has 4 heteroatoms. The Morgan fingerprint density at radius 1 is 0.806 bits per heavy atom. The fourth-order valence-electron chi connectivity index (χ4n) is 3.25. The summed E-state index contributed by atoms with van der Waals surface area (Å²) in [7, 11) is 0. The first-order chi connectivity index (χ1) is 17.7. The van der Waals surface area contributed by atoms with Gasteiger partial charge in [0.2, 0.25) is 5.91 Å². The first-order valence-electron chi connectivity index (χ1n) is 13.3. The second-order valence-corrected chi connectivity index (χ2v) is 8.49. The largest absolute Gasteiger partial charge is 0.356 e. The van der Waals surface area contributed by atoms with Gasteiger partial charge in [-0.2, -0.15) is 0 Å². The number of ketones is 1. The topological polar surface area (TPSA) is 59.1 Å². The van der Waals surface area contributed by atoms with Gasteiger partial charge in [0.1, 0.15) is 5.78 Å². The highest BCUT2D eigenvalue weighted by atomic mass is 16.1. The summed E-state index contributed by atoms with van der Waals surface area (Å²) in [6.07, 6.45) is 38.0. The smallest absolute Gasteiger partial charge is 0.220 e. The van der Waals surface area contributed by atoms with Crippen molar-refractivity contribution in [3.8, 4) is 0 Å². The number of hydrogen-bond donors (Lipinski definition) is 1. The van der Waals surface area contributed by atoms with Crippen LogP contribution in [0.25, 0.3) is 6.08 Å². The van der Waals surface area contributed by atoms with Crippen LogP contribution < -0.4 is 5.32 Å². The van der Waals surface area contributed by atoms with Crippen molar-refractivity contribution >= 4 is 17.8 Å². The molecule has 0 aromatic carbocycles. The number of allylic oxidation sites excluding steroid dienone is 11. The summed E-state index contributed by atoms with van der Waals surface area (Å²) in [6.45, 7) is 2.70. The number of aromatic nitrogens is 1. The molecule has 0 atom stereocenters. The summed E-state index contributed by atoms with van der Waals surface area (Å²) in [5, 5.41) is 2.91. The van der Waals surface area contributed by atoms with Crippen LogP contribution in [0.4, 0.5) is 0 Å². The lowest BCUT2D eigenvalue weighted by atomic mass is 10.1. The van der Waals surface area contributed by atoms with Gasteiger partial charge in [0.15, 0.2) is 0 Å². The van der Waals surface area contributed by atoms with E-state index >= 15 is 0 Å². The molecule has 0 spiro atoms. The molecule has 1 aromatic rings. The lowest BCUT2D eigenvalue weighted by Crippen LogP contribution is -2.24. The molecule has 1 N–H and O–H groups in total. The van der Waals surface area contributed by atoms with Crippen LogP contribution in [0.3, 0.4) is 0 Å². The SMILES string of the molecule is CC/C=C\C/C=C\C/C=C\C/C=C\C/C=C\CCCC(=O)NCCCC(=O)C/C=C/c1cccnc1. The van der Waals surface area contributed by atoms with Crippen LogP contribution >= 0.6 is 0 Å². The molecule has 0 aliphatic heterocycles. The van der Waals surface area contributed by atoms with Crippen molar-refractivity contribution in [3.63, 3.8) is 0 Å². The summed E-state index contributed by atoms with van der Waals surface area (Å²) in [5.41, 5.74) is 0.988. The number of nitrogens with one attached hydrogen (secondary N) is 1. The van der Waals surface area contributed by atoms with Crippen LogP contribution in [0.5, 0.6) is 0 Å². The van der Waals surface area contributed by atoms with Gasteiger partial charge in [-0.05, 0) is 63.0 Å². The number of carbonyl (C=O) groups is 2. The summed E-state index contributed by atoms with van der Waals surface area (Å²) >= 11 is 0. The maximum atomic E-state index is 11.9. The van der Waals surface area contributed by atoms with E-state index < -0.39 is 0 Å². The molecule has 4 nitrogen and oxygen atoms in total. The lowest BCUT2D eigenvalue weighted by Gasteiger charge is -2.04. The van der Waals surface area contributed by atoms with Crippen molar-refractivity contribution < 1.29 is 9.59 Å². The number of nitrogens with zero attached hydrogens (tertiary/aromatic N) is 1. The van der Waals surface area contributed by atoms with E-state index in [4.69, 9.17) is 0 Å². The Bertz CT molecular complexity index is 877. The molecular formula is C32H44N2O2. The van der Waals surface area contributed by atoms with Crippen molar-refractivity contribution in [2.75, 3.05) is 6.54 Å². The fourth-order valence-corrected chi connectivity index (χ4v) is 3.25. The van der Waals surface area contributed by atoms with Crippen molar-refractivity contribution in [3.05, 3.63) is 96.9 Å². The van der Waals surface area contributed by atoms with Crippen LogP contribution in [-0.4, -0.2) is 23.2 Å². The van der Waals surface area contributed by atoms with E-state index in [1.54, 1.807) is 12.4 Å². The zero-order chi connectivity index (χ0) is 25.9. The van der Waals surface area contributed by atoms with Gasteiger partial charge in [0.25, 0.3) is 0 Å². The third-order valence-electron chi connectivity index (χ3n) is 5.23. The molecule has 36 heavy (non-hydrogen) atoms. The summed E-state index contributed by atoms with van der Waals surface area (Å²) in [4.78, 5) is 27.9. The highest BCUT2D eigenvalue weighted by molar-refractivity contribution is 5.81. The van der Waals surface area contributed by atoms with Crippen LogP contribution in [0.15, 0.2) is 91.4 Å². The molecular weight excluding hydrogens is 444 g/mol. The number of pyridine rings is 1. The van der Waals surface area contributed by atoms with Gasteiger partial charge in [-0.15, -0.1) is 0 Å². The standard InChI is InChI=1S/C32H44N2O2/c1-2-3-4-5-6-7-8-9-10-11-12-13-14-15-16-17-18-26-32(36)34-28-21-25-31(35)24-19-22-30-23-20-27-33-29-30/h3-4,6-7,9-10,12-13,15-16,19-20,22-23,27,29H,2,5,8,11,14,17-18,21,24-26,28H2,1H3,(H,34,36)/b4-3-,7-6-,10-9-,13-12-,16-15-,22-19+. The third kappa shape index (κ3) is 20.1. The molecule has 0 radical (unpaired) electrons. The molecule has 1 rings (SSSR count). The Hall–Kier alpha value is -3.27. The van der Waals surface area contributed by atoms with E-state index in [-0.39, 0.29) is 11.7 Å². The van der Waals surface area contributed by atoms with Gasteiger partial charge >= 0.3 is 0 Å². The average Bonchev–Trinajstić information content (AvgIpc) is 2.89. The number of unbranched alkanes of at least 4 members (excludes halogenated alkanes) is 1. The highest BCUT2D eigenvalue weighted by Gasteiger charge is 2.02. The second-order valence-electron chi connectivity index (χ2n) is 8.49. The van der Waals surface area contributed by atoms with Crippen molar-refractivity contribution in [1.82, 2.24) is 10.3 Å². The molecule has 0 aliphatic rings. The number of amides is 1. The Balaban J connectivity index is 1.94. The molecule has 0 fully saturated rings. The Kier molecular flexibility index (Phi) is 20.1. The third-order valence-corrected chi connectivity index (χ3v) is 5.23. The zero-order valence-corrected chi connectivity index (χ0v) is 22.0. The van der Waals surface area contributed by atoms with E-state index in [2.05, 4.69) is 78.0 Å². The molecule has 1 heterocycles. The summed E-state index contributed by atoms with van der Waals surface area (Å²) < 4.78 is 0. The molecule has 0 saturated carbocycles. The van der Waals surface area contributed by atoms with E-state index in [9.17, 15) is 9.59 Å². The minimum atomic E-state index is 0.0614. The Labute approximate surface area is 218 Å². The summed E-state index contributed by atoms with van der Waals surface area (Å²) in [6, 6.07) is 3.82. The van der Waals surface area contributed by atoms with E-state index in [1.165, 1.54) is 0 Å². The maximum Gasteiger partial charge on any atom is 0.220 e. The monoisotopic (exact) mass is 488 g/mol. The molecule has 194 valence electrons. The van der Waals surface area contributed by atoms with Gasteiger partial charge in [-0.25, -0.2) is 0 Å². The van der Waals surface area contributed by atoms with Gasteiger partial charge in [-0.1, -0.05) is 85.9 Å². The van der Waals surface area contributed by atoms with E-state index in [0.717, 1.165) is 50.5 Å². The average molecular weight is 489 g/mol. The number of rotatable bonds is 20. The molecule has 1 aromatic heterocycles. The molecule has 0 aliphatic carbocycles. The Morgan fingerprint density at radius 3 is 2.06 bits per heavy atom. The van der Waals surface area contributed by atoms with Crippen LogP contribution in [0, 0.1) is 0 Å².